The number of amides is 1. The van der Waals surface area contributed by atoms with Crippen molar-refractivity contribution in [2.24, 2.45) is 5.92 Å². The SMILES string of the molecule is CC(CNC(=O)C1CCN(S(C)(=O)=O)CC1)(c1ccccc1)c1ccccc1. The number of carbonyl (C=O) groups excluding carboxylic acids is 1. The van der Waals surface area contributed by atoms with Gasteiger partial charge >= 0.3 is 0 Å². The van der Waals surface area contributed by atoms with E-state index in [1.165, 1.54) is 10.6 Å². The number of nitrogens with zero attached hydrogens (tertiary/aromatic N) is 1. The van der Waals surface area contributed by atoms with E-state index in [4.69, 9.17) is 0 Å². The Bertz CT molecular complexity index is 850. The monoisotopic (exact) mass is 400 g/mol. The largest absolute Gasteiger partial charge is 0.355 e. The Morgan fingerprint density at radius 1 is 1.00 bits per heavy atom. The van der Waals surface area contributed by atoms with Gasteiger partial charge in [-0.25, -0.2) is 12.7 Å². The fourth-order valence-electron chi connectivity index (χ4n) is 3.84. The molecule has 0 unspecified atom stereocenters. The van der Waals surface area contributed by atoms with Crippen molar-refractivity contribution in [3.8, 4) is 0 Å². The third kappa shape index (κ3) is 4.62. The van der Waals surface area contributed by atoms with Gasteiger partial charge in [0.05, 0.1) is 6.26 Å². The van der Waals surface area contributed by atoms with Crippen LogP contribution in [0.15, 0.2) is 60.7 Å². The summed E-state index contributed by atoms with van der Waals surface area (Å²) in [5.41, 5.74) is 1.95. The van der Waals surface area contributed by atoms with Crippen molar-refractivity contribution in [3.63, 3.8) is 0 Å². The topological polar surface area (TPSA) is 66.5 Å². The number of nitrogens with one attached hydrogen (secondary N) is 1. The van der Waals surface area contributed by atoms with Crippen LogP contribution in [0.25, 0.3) is 0 Å². The second kappa shape index (κ2) is 8.45. The van der Waals surface area contributed by atoms with Gasteiger partial charge in [-0.15, -0.1) is 0 Å². The van der Waals surface area contributed by atoms with Crippen LogP contribution < -0.4 is 5.32 Å². The van der Waals surface area contributed by atoms with E-state index in [2.05, 4.69) is 36.5 Å². The molecule has 1 amide bonds. The second-order valence-corrected chi connectivity index (χ2v) is 9.70. The zero-order chi connectivity index (χ0) is 20.2. The Kier molecular flexibility index (Phi) is 6.20. The lowest BCUT2D eigenvalue weighted by Gasteiger charge is -2.33. The minimum Gasteiger partial charge on any atom is -0.355 e. The molecule has 0 spiro atoms. The summed E-state index contributed by atoms with van der Waals surface area (Å²) in [6, 6.07) is 20.4. The summed E-state index contributed by atoms with van der Waals surface area (Å²) in [7, 11) is -3.18. The van der Waals surface area contributed by atoms with E-state index in [9.17, 15) is 13.2 Å². The molecule has 3 rings (SSSR count). The Labute approximate surface area is 167 Å². The molecule has 150 valence electrons. The van der Waals surface area contributed by atoms with Crippen LogP contribution in [0.5, 0.6) is 0 Å². The molecule has 2 aromatic carbocycles. The highest BCUT2D eigenvalue weighted by Gasteiger charge is 2.32. The summed E-state index contributed by atoms with van der Waals surface area (Å²) in [5.74, 6) is -0.139. The lowest BCUT2D eigenvalue weighted by molar-refractivity contribution is -0.126. The van der Waals surface area contributed by atoms with Crippen molar-refractivity contribution in [1.82, 2.24) is 9.62 Å². The van der Waals surface area contributed by atoms with Crippen LogP contribution >= 0.6 is 0 Å². The van der Waals surface area contributed by atoms with E-state index in [1.807, 2.05) is 36.4 Å². The molecule has 1 heterocycles. The third-order valence-electron chi connectivity index (χ3n) is 5.73. The normalized spacial score (nSPS) is 16.6. The van der Waals surface area contributed by atoms with Crippen molar-refractivity contribution in [2.75, 3.05) is 25.9 Å². The van der Waals surface area contributed by atoms with Crippen LogP contribution in [0, 0.1) is 5.92 Å². The van der Waals surface area contributed by atoms with E-state index in [0.717, 1.165) is 11.1 Å². The number of sulfonamides is 1. The molecular formula is C22H28N2O3S. The highest BCUT2D eigenvalue weighted by atomic mass is 32.2. The van der Waals surface area contributed by atoms with Gasteiger partial charge in [0.2, 0.25) is 15.9 Å². The van der Waals surface area contributed by atoms with Gasteiger partial charge in [0.15, 0.2) is 0 Å². The van der Waals surface area contributed by atoms with Crippen LogP contribution in [-0.2, 0) is 20.2 Å². The second-order valence-electron chi connectivity index (χ2n) is 7.72. The molecule has 0 aliphatic carbocycles. The number of piperidine rings is 1. The summed E-state index contributed by atoms with van der Waals surface area (Å²) in [6.07, 6.45) is 2.34. The Balaban J connectivity index is 1.70. The molecule has 0 radical (unpaired) electrons. The summed E-state index contributed by atoms with van der Waals surface area (Å²) in [6.45, 7) is 3.45. The van der Waals surface area contributed by atoms with Crippen molar-refractivity contribution < 1.29 is 13.2 Å². The first kappa shape index (κ1) is 20.6. The number of carbonyl (C=O) groups is 1. The molecule has 0 aromatic heterocycles. The summed E-state index contributed by atoms with van der Waals surface area (Å²) < 4.78 is 24.8. The molecule has 0 atom stereocenters. The summed E-state index contributed by atoms with van der Waals surface area (Å²) >= 11 is 0. The molecule has 1 N–H and O–H groups in total. The average Bonchev–Trinajstić information content (AvgIpc) is 2.72. The Morgan fingerprint density at radius 2 is 1.46 bits per heavy atom. The van der Waals surface area contributed by atoms with Crippen LogP contribution in [0.2, 0.25) is 0 Å². The minimum absolute atomic E-state index is 0.00578. The first-order valence-corrected chi connectivity index (χ1v) is 11.5. The smallest absolute Gasteiger partial charge is 0.223 e. The van der Waals surface area contributed by atoms with Gasteiger partial charge in [-0.2, -0.15) is 0 Å². The molecule has 5 nitrogen and oxygen atoms in total. The molecule has 1 fully saturated rings. The lowest BCUT2D eigenvalue weighted by atomic mass is 9.76. The van der Waals surface area contributed by atoms with Gasteiger partial charge in [0, 0.05) is 31.0 Å². The predicted molar refractivity (Wildman–Crippen MR) is 111 cm³/mol. The zero-order valence-electron chi connectivity index (χ0n) is 16.5. The highest BCUT2D eigenvalue weighted by Crippen LogP contribution is 2.31. The standard InChI is InChI=1S/C22H28N2O3S/c1-22(19-9-5-3-6-10-19,20-11-7-4-8-12-20)17-23-21(25)18-13-15-24(16-14-18)28(2,26)27/h3-12,18H,13-17H2,1-2H3,(H,23,25). The molecule has 6 heteroatoms. The number of benzene rings is 2. The van der Waals surface area contributed by atoms with Gasteiger partial charge in [0.1, 0.15) is 0 Å². The Hall–Kier alpha value is -2.18. The lowest BCUT2D eigenvalue weighted by Crippen LogP contribution is -2.45. The molecule has 2 aromatic rings. The fourth-order valence-corrected chi connectivity index (χ4v) is 4.71. The fraction of sp³-hybridized carbons (Fsp3) is 0.409. The van der Waals surface area contributed by atoms with Crippen molar-refractivity contribution in [3.05, 3.63) is 71.8 Å². The van der Waals surface area contributed by atoms with Crippen LogP contribution in [0.3, 0.4) is 0 Å². The van der Waals surface area contributed by atoms with Crippen LogP contribution in [-0.4, -0.2) is 44.5 Å². The molecular weight excluding hydrogens is 372 g/mol. The average molecular weight is 401 g/mol. The third-order valence-corrected chi connectivity index (χ3v) is 7.03. The summed E-state index contributed by atoms with van der Waals surface area (Å²) in [5, 5.41) is 3.14. The van der Waals surface area contributed by atoms with Gasteiger partial charge in [0.25, 0.3) is 0 Å². The van der Waals surface area contributed by atoms with Gasteiger partial charge in [-0.3, -0.25) is 4.79 Å². The first-order chi connectivity index (χ1) is 13.3. The number of rotatable bonds is 6. The molecule has 1 saturated heterocycles. The molecule has 0 bridgehead atoms. The van der Waals surface area contributed by atoms with Gasteiger partial charge in [-0.1, -0.05) is 60.7 Å². The number of hydrogen-bond donors (Lipinski definition) is 1. The molecule has 1 aliphatic rings. The van der Waals surface area contributed by atoms with E-state index >= 15 is 0 Å². The summed E-state index contributed by atoms with van der Waals surface area (Å²) in [4.78, 5) is 12.8. The first-order valence-electron chi connectivity index (χ1n) is 9.64. The maximum Gasteiger partial charge on any atom is 0.223 e. The van der Waals surface area contributed by atoms with Crippen molar-refractivity contribution in [2.45, 2.75) is 25.2 Å². The maximum absolute atomic E-state index is 12.8. The van der Waals surface area contributed by atoms with Gasteiger partial charge in [-0.05, 0) is 30.9 Å². The van der Waals surface area contributed by atoms with Crippen molar-refractivity contribution in [1.29, 1.82) is 0 Å². The molecule has 28 heavy (non-hydrogen) atoms. The van der Waals surface area contributed by atoms with Crippen LogP contribution in [0.1, 0.15) is 30.9 Å². The number of hydrogen-bond acceptors (Lipinski definition) is 3. The maximum atomic E-state index is 12.8. The quantitative estimate of drug-likeness (QED) is 0.811. The predicted octanol–water partition coefficient (Wildman–Crippen LogP) is 2.78. The van der Waals surface area contributed by atoms with E-state index in [1.54, 1.807) is 0 Å². The molecule has 1 aliphatic heterocycles. The minimum atomic E-state index is -3.18. The highest BCUT2D eigenvalue weighted by molar-refractivity contribution is 7.88. The van der Waals surface area contributed by atoms with E-state index in [-0.39, 0.29) is 17.2 Å². The van der Waals surface area contributed by atoms with Gasteiger partial charge < -0.3 is 5.32 Å². The van der Waals surface area contributed by atoms with Crippen LogP contribution in [0.4, 0.5) is 0 Å². The Morgan fingerprint density at radius 3 is 1.89 bits per heavy atom. The van der Waals surface area contributed by atoms with E-state index < -0.39 is 10.0 Å². The van der Waals surface area contributed by atoms with Crippen molar-refractivity contribution >= 4 is 15.9 Å². The zero-order valence-corrected chi connectivity index (χ0v) is 17.3. The van der Waals surface area contributed by atoms with E-state index in [0.29, 0.717) is 32.5 Å². The molecule has 0 saturated carbocycles.